The average molecular weight is 244 g/mol. The fourth-order valence-corrected chi connectivity index (χ4v) is 1.51. The van der Waals surface area contributed by atoms with E-state index in [0.717, 1.165) is 16.5 Å². The van der Waals surface area contributed by atoms with Gasteiger partial charge in [0, 0.05) is 31.2 Å². The molecule has 0 saturated heterocycles. The number of aromatic nitrogens is 1. The van der Waals surface area contributed by atoms with Gasteiger partial charge in [0.1, 0.15) is 0 Å². The molecule has 0 aromatic carbocycles. The van der Waals surface area contributed by atoms with E-state index in [-0.39, 0.29) is 29.2 Å². The number of carbonyl (C=O) groups is 1. The molecule has 0 fully saturated rings. The molecule has 0 amide bonds. The second-order valence-electron chi connectivity index (χ2n) is 2.95. The summed E-state index contributed by atoms with van der Waals surface area (Å²) in [5, 5.41) is 25.8. The van der Waals surface area contributed by atoms with Gasteiger partial charge in [-0.1, -0.05) is 11.8 Å². The Kier molecular flexibility index (Phi) is 4.24. The molecule has 88 valence electrons. The van der Waals surface area contributed by atoms with Crippen LogP contribution in [0, 0.1) is 5.41 Å². The summed E-state index contributed by atoms with van der Waals surface area (Å²) in [7, 11) is 0. The second kappa shape index (κ2) is 5.45. The van der Waals surface area contributed by atoms with E-state index in [2.05, 4.69) is 0 Å². The van der Waals surface area contributed by atoms with Gasteiger partial charge in [0.2, 0.25) is 17.7 Å². The average Bonchev–Trinajstić information content (AvgIpc) is 2.49. The minimum absolute atomic E-state index is 0.0283. The highest BCUT2D eigenvalue weighted by molar-refractivity contribution is 8.13. The number of aromatic hydroxyl groups is 2. The van der Waals surface area contributed by atoms with Crippen LogP contribution >= 0.6 is 11.8 Å². The Bertz CT molecular complexity index is 383. The Hall–Kier alpha value is -1.63. The molecular formula is C9H12N2O4S. The summed E-state index contributed by atoms with van der Waals surface area (Å²) in [6.07, 6.45) is 0.237. The fourth-order valence-electron chi connectivity index (χ4n) is 0.939. The van der Waals surface area contributed by atoms with Crippen molar-refractivity contribution in [2.75, 3.05) is 5.75 Å². The molecule has 0 unspecified atom stereocenters. The molecule has 0 spiro atoms. The van der Waals surface area contributed by atoms with Crippen molar-refractivity contribution in [1.82, 2.24) is 4.73 Å². The van der Waals surface area contributed by atoms with E-state index in [1.807, 2.05) is 0 Å². The van der Waals surface area contributed by atoms with E-state index in [4.69, 9.17) is 10.2 Å². The van der Waals surface area contributed by atoms with E-state index in [1.165, 1.54) is 19.1 Å². The summed E-state index contributed by atoms with van der Waals surface area (Å²) in [5.41, 5.74) is 0. The number of rotatable bonds is 4. The number of hydrogen-bond acceptors (Lipinski definition) is 6. The van der Waals surface area contributed by atoms with Crippen molar-refractivity contribution < 1.29 is 19.8 Å². The third-order valence-electron chi connectivity index (χ3n) is 1.63. The summed E-state index contributed by atoms with van der Waals surface area (Å²) in [6.45, 7) is 1.44. The van der Waals surface area contributed by atoms with Crippen molar-refractivity contribution in [3.05, 3.63) is 12.1 Å². The number of carbonyl (C=O) groups excluding carboxylic acids is 1. The molecule has 7 heteroatoms. The molecule has 6 nitrogen and oxygen atoms in total. The van der Waals surface area contributed by atoms with E-state index in [1.54, 1.807) is 0 Å². The van der Waals surface area contributed by atoms with Crippen molar-refractivity contribution in [1.29, 1.82) is 5.41 Å². The van der Waals surface area contributed by atoms with Crippen LogP contribution in [0.5, 0.6) is 11.8 Å². The van der Waals surface area contributed by atoms with Crippen molar-refractivity contribution in [2.24, 2.45) is 0 Å². The topological polar surface area (TPSA) is 95.5 Å². The molecule has 0 aliphatic carbocycles. The maximum atomic E-state index is 10.6. The van der Waals surface area contributed by atoms with Crippen LogP contribution in [0.1, 0.15) is 13.3 Å². The molecule has 0 aliphatic rings. The predicted molar refractivity (Wildman–Crippen MR) is 59.8 cm³/mol. The zero-order chi connectivity index (χ0) is 12.1. The molecule has 0 aliphatic heterocycles. The highest BCUT2D eigenvalue weighted by Crippen LogP contribution is 2.18. The van der Waals surface area contributed by atoms with Crippen LogP contribution in [0.3, 0.4) is 0 Å². The lowest BCUT2D eigenvalue weighted by Crippen LogP contribution is -2.18. The van der Waals surface area contributed by atoms with Crippen LogP contribution in [0.15, 0.2) is 12.1 Å². The Balaban J connectivity index is 2.43. The van der Waals surface area contributed by atoms with Gasteiger partial charge in [-0.25, -0.2) is 0 Å². The lowest BCUT2D eigenvalue weighted by Gasteiger charge is -2.08. The van der Waals surface area contributed by atoms with E-state index in [0.29, 0.717) is 5.75 Å². The van der Waals surface area contributed by atoms with Crippen molar-refractivity contribution in [3.63, 3.8) is 0 Å². The summed E-state index contributed by atoms with van der Waals surface area (Å²) in [5.74, 6) is -0.296. The first-order valence-electron chi connectivity index (χ1n) is 4.49. The summed E-state index contributed by atoms with van der Waals surface area (Å²) < 4.78 is 0.737. The maximum Gasteiger partial charge on any atom is 0.229 e. The first-order valence-corrected chi connectivity index (χ1v) is 5.48. The quantitative estimate of drug-likeness (QED) is 0.542. The Morgan fingerprint density at radius 2 is 2.06 bits per heavy atom. The molecule has 1 rings (SSSR count). The minimum Gasteiger partial charge on any atom is -0.492 e. The molecule has 1 heterocycles. The summed E-state index contributed by atoms with van der Waals surface area (Å²) >= 11 is 1.09. The molecule has 1 aromatic heterocycles. The van der Waals surface area contributed by atoms with Crippen molar-refractivity contribution in [3.8, 4) is 11.8 Å². The highest BCUT2D eigenvalue weighted by atomic mass is 32.2. The maximum absolute atomic E-state index is 10.6. The van der Waals surface area contributed by atoms with Gasteiger partial charge in [0.05, 0.1) is 0 Å². The fraction of sp³-hybridized carbons (Fsp3) is 0.333. The van der Waals surface area contributed by atoms with E-state index >= 15 is 0 Å². The number of nitrogens with one attached hydrogen (secondary N) is 1. The highest BCUT2D eigenvalue weighted by Gasteiger charge is 2.09. The number of nitrogens with zero attached hydrogens (tertiary/aromatic N) is 1. The summed E-state index contributed by atoms with van der Waals surface area (Å²) in [6, 6.07) is 2.49. The number of hydrogen-bond donors (Lipinski definition) is 3. The molecule has 0 saturated carbocycles. The SMILES string of the molecule is CC(=O)SCCC(=N)On1c(O)ccc1O. The van der Waals surface area contributed by atoms with Gasteiger partial charge in [-0.15, -0.1) is 4.73 Å². The van der Waals surface area contributed by atoms with Gasteiger partial charge in [0.25, 0.3) is 0 Å². The largest absolute Gasteiger partial charge is 0.492 e. The lowest BCUT2D eigenvalue weighted by molar-refractivity contribution is -0.109. The van der Waals surface area contributed by atoms with Crippen LogP contribution in [0.25, 0.3) is 0 Å². The zero-order valence-electron chi connectivity index (χ0n) is 8.64. The molecule has 3 N–H and O–H groups in total. The number of thioether (sulfide) groups is 1. The van der Waals surface area contributed by atoms with Crippen molar-refractivity contribution in [2.45, 2.75) is 13.3 Å². The normalized spacial score (nSPS) is 10.1. The van der Waals surface area contributed by atoms with Gasteiger partial charge in [-0.05, 0) is 0 Å². The molecule has 0 bridgehead atoms. The molecular weight excluding hydrogens is 232 g/mol. The standard InChI is InChI=1S/C9H12N2O4S/c1-6(12)16-5-4-7(10)15-11-8(13)2-3-9(11)14/h2-3,10,13-14H,4-5H2,1H3. The molecule has 0 atom stereocenters. The molecule has 16 heavy (non-hydrogen) atoms. The summed E-state index contributed by atoms with van der Waals surface area (Å²) in [4.78, 5) is 15.5. The molecule has 0 radical (unpaired) electrons. The van der Waals surface area contributed by atoms with Gasteiger partial charge in [-0.3, -0.25) is 10.2 Å². The Labute approximate surface area is 96.3 Å². The van der Waals surface area contributed by atoms with Crippen molar-refractivity contribution >= 4 is 22.8 Å². The third kappa shape index (κ3) is 3.50. The van der Waals surface area contributed by atoms with Gasteiger partial charge >= 0.3 is 0 Å². The van der Waals surface area contributed by atoms with Crippen LogP contribution < -0.4 is 4.84 Å². The minimum atomic E-state index is -0.290. The monoisotopic (exact) mass is 244 g/mol. The van der Waals surface area contributed by atoms with Crippen LogP contribution in [0.4, 0.5) is 0 Å². The second-order valence-corrected chi connectivity index (χ2v) is 4.22. The predicted octanol–water partition coefficient (Wildman–Crippen LogP) is 0.975. The van der Waals surface area contributed by atoms with Gasteiger partial charge in [0.15, 0.2) is 5.12 Å². The third-order valence-corrected chi connectivity index (χ3v) is 2.45. The lowest BCUT2D eigenvalue weighted by atomic mass is 10.5. The van der Waals surface area contributed by atoms with E-state index < -0.39 is 0 Å². The van der Waals surface area contributed by atoms with Crippen LogP contribution in [-0.2, 0) is 4.79 Å². The Morgan fingerprint density at radius 3 is 2.56 bits per heavy atom. The first-order chi connectivity index (χ1) is 7.50. The van der Waals surface area contributed by atoms with E-state index in [9.17, 15) is 15.0 Å². The molecule has 1 aromatic rings. The van der Waals surface area contributed by atoms with Crippen LogP contribution in [0.2, 0.25) is 0 Å². The Morgan fingerprint density at radius 1 is 1.50 bits per heavy atom. The first kappa shape index (κ1) is 12.4. The smallest absolute Gasteiger partial charge is 0.229 e. The zero-order valence-corrected chi connectivity index (χ0v) is 9.45. The van der Waals surface area contributed by atoms with Gasteiger partial charge in [-0.2, -0.15) is 0 Å². The van der Waals surface area contributed by atoms with Gasteiger partial charge < -0.3 is 15.1 Å². The van der Waals surface area contributed by atoms with Crippen LogP contribution in [-0.4, -0.2) is 31.7 Å².